The summed E-state index contributed by atoms with van der Waals surface area (Å²) in [5.74, 6) is 0. The molecule has 1 fully saturated rings. The van der Waals surface area contributed by atoms with Crippen molar-refractivity contribution >= 4 is 0 Å². The van der Waals surface area contributed by atoms with Crippen molar-refractivity contribution < 1.29 is 0 Å². The Bertz CT molecular complexity index is 151. The van der Waals surface area contributed by atoms with Gasteiger partial charge in [0.1, 0.15) is 0 Å². The second kappa shape index (κ2) is 3.00. The van der Waals surface area contributed by atoms with Crippen molar-refractivity contribution in [2.24, 2.45) is 16.6 Å². The van der Waals surface area contributed by atoms with E-state index in [2.05, 4.69) is 32.7 Å². The predicted octanol–water partition coefficient (Wildman–Crippen LogP) is 1.31. The maximum atomic E-state index is 5.85. The molecular formula is C10H22N2. The third-order valence-electron chi connectivity index (χ3n) is 3.93. The molecule has 0 aromatic carbocycles. The van der Waals surface area contributed by atoms with Crippen molar-refractivity contribution in [2.75, 3.05) is 26.7 Å². The summed E-state index contributed by atoms with van der Waals surface area (Å²) < 4.78 is 0. The maximum absolute atomic E-state index is 5.85. The molecule has 0 amide bonds. The Hall–Kier alpha value is -0.0800. The third-order valence-corrected chi connectivity index (χ3v) is 3.93. The zero-order valence-electron chi connectivity index (χ0n) is 8.85. The number of likely N-dealkylation sites (tertiary alicyclic amines) is 1. The third kappa shape index (κ3) is 1.27. The van der Waals surface area contributed by atoms with Crippen molar-refractivity contribution in [2.45, 2.75) is 27.2 Å². The number of hydrogen-bond acceptors (Lipinski definition) is 2. The van der Waals surface area contributed by atoms with Gasteiger partial charge < -0.3 is 10.6 Å². The van der Waals surface area contributed by atoms with Crippen LogP contribution in [0.3, 0.4) is 0 Å². The highest BCUT2D eigenvalue weighted by Crippen LogP contribution is 2.46. The molecule has 0 bridgehead atoms. The number of nitrogens with zero attached hydrogens (tertiary/aromatic N) is 1. The van der Waals surface area contributed by atoms with Gasteiger partial charge in [0.15, 0.2) is 0 Å². The Morgan fingerprint density at radius 3 is 2.08 bits per heavy atom. The molecule has 0 aliphatic carbocycles. The Balaban J connectivity index is 2.85. The number of rotatable bonds is 2. The van der Waals surface area contributed by atoms with Gasteiger partial charge in [-0.05, 0) is 30.8 Å². The van der Waals surface area contributed by atoms with Crippen molar-refractivity contribution in [1.29, 1.82) is 0 Å². The molecule has 2 nitrogen and oxygen atoms in total. The molecule has 1 heterocycles. The van der Waals surface area contributed by atoms with Crippen molar-refractivity contribution in [3.05, 3.63) is 0 Å². The summed E-state index contributed by atoms with van der Waals surface area (Å²) in [6.07, 6.45) is 1.23. The van der Waals surface area contributed by atoms with E-state index in [9.17, 15) is 0 Å². The summed E-state index contributed by atoms with van der Waals surface area (Å²) in [5, 5.41) is 0. The van der Waals surface area contributed by atoms with E-state index in [4.69, 9.17) is 5.73 Å². The highest BCUT2D eigenvalue weighted by Gasteiger charge is 2.48. The molecular weight excluding hydrogens is 148 g/mol. The Kier molecular flexibility index (Phi) is 2.50. The van der Waals surface area contributed by atoms with Crippen LogP contribution in [0.5, 0.6) is 0 Å². The first-order chi connectivity index (χ1) is 5.47. The summed E-state index contributed by atoms with van der Waals surface area (Å²) >= 11 is 0. The Labute approximate surface area is 76.1 Å². The predicted molar refractivity (Wildman–Crippen MR) is 53.1 cm³/mol. The summed E-state index contributed by atoms with van der Waals surface area (Å²) in [5.41, 5.74) is 6.58. The number of hydrogen-bond donors (Lipinski definition) is 1. The highest BCUT2D eigenvalue weighted by atomic mass is 15.2. The molecule has 0 saturated carbocycles. The molecule has 2 N–H and O–H groups in total. The normalized spacial score (nSPS) is 43.8. The fourth-order valence-electron chi connectivity index (χ4n) is 2.48. The fraction of sp³-hybridized carbons (Fsp3) is 1.00. The van der Waals surface area contributed by atoms with Crippen LogP contribution in [0, 0.1) is 10.8 Å². The minimum absolute atomic E-state index is 0.316. The van der Waals surface area contributed by atoms with E-state index >= 15 is 0 Å². The molecule has 2 heteroatoms. The molecule has 0 spiro atoms. The lowest BCUT2D eigenvalue weighted by Gasteiger charge is -2.38. The minimum Gasteiger partial charge on any atom is -0.330 e. The van der Waals surface area contributed by atoms with Crippen molar-refractivity contribution in [3.8, 4) is 0 Å². The maximum Gasteiger partial charge on any atom is 0.00503 e. The molecule has 0 unspecified atom stereocenters. The number of nitrogens with two attached hydrogens (primary N) is 1. The van der Waals surface area contributed by atoms with E-state index in [1.54, 1.807) is 0 Å². The molecule has 0 aromatic rings. The molecule has 12 heavy (non-hydrogen) atoms. The van der Waals surface area contributed by atoms with Crippen molar-refractivity contribution in [3.63, 3.8) is 0 Å². The molecule has 0 radical (unpaired) electrons. The van der Waals surface area contributed by atoms with Gasteiger partial charge in [-0.2, -0.15) is 0 Å². The summed E-state index contributed by atoms with van der Waals surface area (Å²) in [6.45, 7) is 10.1. The molecule has 1 aliphatic heterocycles. The molecule has 72 valence electrons. The van der Waals surface area contributed by atoms with Gasteiger partial charge in [-0.3, -0.25) is 0 Å². The second-order valence-corrected chi connectivity index (χ2v) is 4.85. The van der Waals surface area contributed by atoms with E-state index in [1.807, 2.05) is 0 Å². The minimum atomic E-state index is 0.316. The first-order valence-electron chi connectivity index (χ1n) is 4.86. The lowest BCUT2D eigenvalue weighted by atomic mass is 9.66. The zero-order valence-corrected chi connectivity index (χ0v) is 8.85. The van der Waals surface area contributed by atoms with Gasteiger partial charge in [-0.1, -0.05) is 20.8 Å². The Morgan fingerprint density at radius 1 is 1.25 bits per heavy atom. The molecule has 1 saturated heterocycles. The molecule has 2 atom stereocenters. The molecule has 1 aliphatic rings. The lowest BCUT2D eigenvalue weighted by Crippen LogP contribution is -2.41. The van der Waals surface area contributed by atoms with Crippen LogP contribution in [-0.2, 0) is 0 Å². The van der Waals surface area contributed by atoms with Crippen LogP contribution in [0.25, 0.3) is 0 Å². The summed E-state index contributed by atoms with van der Waals surface area (Å²) in [4.78, 5) is 2.40. The van der Waals surface area contributed by atoms with Gasteiger partial charge >= 0.3 is 0 Å². The first kappa shape index (κ1) is 10.0. The Morgan fingerprint density at radius 2 is 1.75 bits per heavy atom. The quantitative estimate of drug-likeness (QED) is 0.677. The first-order valence-corrected chi connectivity index (χ1v) is 4.86. The van der Waals surface area contributed by atoms with E-state index < -0.39 is 0 Å². The average Bonchev–Trinajstić information content (AvgIpc) is 2.25. The highest BCUT2D eigenvalue weighted by molar-refractivity contribution is 5.01. The van der Waals surface area contributed by atoms with Crippen LogP contribution in [0.4, 0.5) is 0 Å². The monoisotopic (exact) mass is 170 g/mol. The van der Waals surface area contributed by atoms with E-state index in [-0.39, 0.29) is 0 Å². The lowest BCUT2D eigenvalue weighted by molar-refractivity contribution is 0.139. The average molecular weight is 170 g/mol. The largest absolute Gasteiger partial charge is 0.330 e. The zero-order chi connectivity index (χ0) is 9.41. The van der Waals surface area contributed by atoms with Gasteiger partial charge in [0.2, 0.25) is 0 Å². The van der Waals surface area contributed by atoms with E-state index in [1.165, 1.54) is 13.0 Å². The topological polar surface area (TPSA) is 29.3 Å². The van der Waals surface area contributed by atoms with Crippen LogP contribution in [0.1, 0.15) is 27.2 Å². The van der Waals surface area contributed by atoms with Crippen LogP contribution in [0.2, 0.25) is 0 Å². The van der Waals surface area contributed by atoms with Crippen LogP contribution in [-0.4, -0.2) is 31.6 Å². The smallest absolute Gasteiger partial charge is 0.00503 e. The van der Waals surface area contributed by atoms with Gasteiger partial charge in [-0.15, -0.1) is 0 Å². The van der Waals surface area contributed by atoms with Crippen molar-refractivity contribution in [1.82, 2.24) is 4.90 Å². The molecule has 1 rings (SSSR count). The van der Waals surface area contributed by atoms with Gasteiger partial charge in [0.25, 0.3) is 0 Å². The summed E-state index contributed by atoms with van der Waals surface area (Å²) in [6, 6.07) is 0. The fourth-order valence-corrected chi connectivity index (χ4v) is 2.48. The SMILES string of the molecule is CC[C@@]1(C)CN(C)C[C@@]1(C)CN. The summed E-state index contributed by atoms with van der Waals surface area (Å²) in [7, 11) is 2.19. The van der Waals surface area contributed by atoms with Gasteiger partial charge in [0, 0.05) is 13.1 Å². The van der Waals surface area contributed by atoms with E-state index in [0.29, 0.717) is 10.8 Å². The van der Waals surface area contributed by atoms with Gasteiger partial charge in [-0.25, -0.2) is 0 Å². The van der Waals surface area contributed by atoms with E-state index in [0.717, 1.165) is 13.1 Å². The van der Waals surface area contributed by atoms with Crippen LogP contribution >= 0.6 is 0 Å². The van der Waals surface area contributed by atoms with Crippen LogP contribution in [0.15, 0.2) is 0 Å². The molecule has 0 aromatic heterocycles. The second-order valence-electron chi connectivity index (χ2n) is 4.85. The van der Waals surface area contributed by atoms with Crippen LogP contribution < -0.4 is 5.73 Å². The van der Waals surface area contributed by atoms with Gasteiger partial charge in [0.05, 0.1) is 0 Å². The standard InChI is InChI=1S/C10H22N2/c1-5-9(2)7-12(4)8-10(9,3)6-11/h5-8,11H2,1-4H3/t9-,10+/m0/s1.